The van der Waals surface area contributed by atoms with Crippen LogP contribution in [0.4, 0.5) is 0 Å². The van der Waals surface area contributed by atoms with Gasteiger partial charge in [0.25, 0.3) is 0 Å². The Morgan fingerprint density at radius 1 is 1.28 bits per heavy atom. The average molecular weight is 254 g/mol. The molecule has 1 aromatic rings. The van der Waals surface area contributed by atoms with Gasteiger partial charge in [-0.05, 0) is 13.3 Å². The maximum atomic E-state index is 12.2. The standard InChI is InChI=1S/C13H18O5/c1-9(15)13(18,11(16)7-8-14)12(17)10-5-3-2-4-6-10/h2-6,9,11,14-16,18H,7-8H2,1H3/t9-,11-,13-/m1/s1. The highest BCUT2D eigenvalue weighted by Crippen LogP contribution is 2.24. The Kier molecular flexibility index (Phi) is 4.98. The van der Waals surface area contributed by atoms with Gasteiger partial charge in [-0.3, -0.25) is 4.79 Å². The van der Waals surface area contributed by atoms with Gasteiger partial charge in [0.05, 0.1) is 12.2 Å². The van der Waals surface area contributed by atoms with Gasteiger partial charge in [0, 0.05) is 12.2 Å². The highest BCUT2D eigenvalue weighted by molar-refractivity contribution is 6.03. The van der Waals surface area contributed by atoms with Crippen LogP contribution >= 0.6 is 0 Å². The van der Waals surface area contributed by atoms with Crippen molar-refractivity contribution < 1.29 is 25.2 Å². The molecule has 1 rings (SSSR count). The van der Waals surface area contributed by atoms with Crippen molar-refractivity contribution in [2.75, 3.05) is 6.61 Å². The predicted octanol–water partition coefficient (Wildman–Crippen LogP) is -0.275. The first-order valence-corrected chi connectivity index (χ1v) is 5.73. The van der Waals surface area contributed by atoms with Crippen molar-refractivity contribution in [2.24, 2.45) is 0 Å². The summed E-state index contributed by atoms with van der Waals surface area (Å²) in [5, 5.41) is 38.4. The van der Waals surface area contributed by atoms with Crippen LogP contribution < -0.4 is 0 Å². The zero-order valence-corrected chi connectivity index (χ0v) is 10.2. The molecule has 5 nitrogen and oxygen atoms in total. The molecule has 0 aliphatic carbocycles. The summed E-state index contributed by atoms with van der Waals surface area (Å²) in [7, 11) is 0. The van der Waals surface area contributed by atoms with Gasteiger partial charge in [0.15, 0.2) is 11.4 Å². The van der Waals surface area contributed by atoms with Crippen LogP contribution in [-0.4, -0.2) is 50.6 Å². The van der Waals surface area contributed by atoms with Crippen LogP contribution in [-0.2, 0) is 0 Å². The maximum absolute atomic E-state index is 12.2. The molecule has 0 aliphatic rings. The van der Waals surface area contributed by atoms with Crippen molar-refractivity contribution in [1.82, 2.24) is 0 Å². The first-order valence-electron chi connectivity index (χ1n) is 5.73. The van der Waals surface area contributed by atoms with E-state index in [4.69, 9.17) is 5.11 Å². The molecule has 0 amide bonds. The van der Waals surface area contributed by atoms with Crippen LogP contribution in [0.15, 0.2) is 30.3 Å². The zero-order chi connectivity index (χ0) is 13.8. The van der Waals surface area contributed by atoms with Crippen LogP contribution in [0.2, 0.25) is 0 Å². The van der Waals surface area contributed by atoms with Gasteiger partial charge in [-0.25, -0.2) is 0 Å². The van der Waals surface area contributed by atoms with E-state index in [1.807, 2.05) is 0 Å². The van der Waals surface area contributed by atoms with E-state index in [-0.39, 0.29) is 12.0 Å². The normalized spacial score (nSPS) is 17.8. The molecule has 0 saturated carbocycles. The van der Waals surface area contributed by atoms with E-state index in [9.17, 15) is 20.1 Å². The SMILES string of the molecule is C[C@@H](O)[C@](O)(C(=O)c1ccccc1)[C@H](O)CCO. The van der Waals surface area contributed by atoms with E-state index >= 15 is 0 Å². The number of carbonyl (C=O) groups is 1. The van der Waals surface area contributed by atoms with Gasteiger partial charge >= 0.3 is 0 Å². The van der Waals surface area contributed by atoms with Crippen molar-refractivity contribution >= 4 is 5.78 Å². The Balaban J connectivity index is 3.09. The minimum absolute atomic E-state index is 0.192. The molecule has 0 fully saturated rings. The minimum atomic E-state index is -2.32. The molecule has 3 atom stereocenters. The molecule has 0 aromatic heterocycles. The highest BCUT2D eigenvalue weighted by Gasteiger charge is 2.47. The lowest BCUT2D eigenvalue weighted by molar-refractivity contribution is -0.115. The Morgan fingerprint density at radius 2 is 1.83 bits per heavy atom. The van der Waals surface area contributed by atoms with Crippen LogP contribution in [0.1, 0.15) is 23.7 Å². The molecule has 4 N–H and O–H groups in total. The zero-order valence-electron chi connectivity index (χ0n) is 10.2. The molecule has 1 aromatic carbocycles. The second kappa shape index (κ2) is 6.06. The molecule has 0 heterocycles. The van der Waals surface area contributed by atoms with Crippen LogP contribution in [0.5, 0.6) is 0 Å². The fourth-order valence-electron chi connectivity index (χ4n) is 1.78. The Labute approximate surface area is 105 Å². The first-order chi connectivity index (χ1) is 8.44. The summed E-state index contributed by atoms with van der Waals surface area (Å²) >= 11 is 0. The molecule has 0 unspecified atom stereocenters. The summed E-state index contributed by atoms with van der Waals surface area (Å²) in [6.45, 7) is 0.833. The number of hydrogen-bond donors (Lipinski definition) is 4. The third kappa shape index (κ3) is 2.76. The molecule has 5 heteroatoms. The predicted molar refractivity (Wildman–Crippen MR) is 65.1 cm³/mol. The third-order valence-electron chi connectivity index (χ3n) is 2.95. The summed E-state index contributed by atoms with van der Waals surface area (Å²) < 4.78 is 0. The van der Waals surface area contributed by atoms with Crippen LogP contribution in [0.3, 0.4) is 0 Å². The molecule has 0 radical (unpaired) electrons. The van der Waals surface area contributed by atoms with Crippen molar-refractivity contribution in [3.8, 4) is 0 Å². The number of aliphatic hydroxyl groups is 4. The average Bonchev–Trinajstić information content (AvgIpc) is 2.37. The topological polar surface area (TPSA) is 98.0 Å². The molecule has 0 spiro atoms. The van der Waals surface area contributed by atoms with E-state index in [1.54, 1.807) is 18.2 Å². The Morgan fingerprint density at radius 3 is 2.28 bits per heavy atom. The first kappa shape index (κ1) is 14.8. The molecule has 0 bridgehead atoms. The fraction of sp³-hybridized carbons (Fsp3) is 0.462. The lowest BCUT2D eigenvalue weighted by atomic mass is 9.82. The second-order valence-corrected chi connectivity index (χ2v) is 4.22. The van der Waals surface area contributed by atoms with Gasteiger partial charge in [0.1, 0.15) is 0 Å². The second-order valence-electron chi connectivity index (χ2n) is 4.22. The molecule has 100 valence electrons. The molecular formula is C13H18O5. The third-order valence-corrected chi connectivity index (χ3v) is 2.95. The number of benzene rings is 1. The van der Waals surface area contributed by atoms with Gasteiger partial charge in [0.2, 0.25) is 0 Å². The Bertz CT molecular complexity index is 390. The van der Waals surface area contributed by atoms with Crippen molar-refractivity contribution in [2.45, 2.75) is 31.2 Å². The molecule has 0 saturated heterocycles. The van der Waals surface area contributed by atoms with E-state index < -0.39 is 30.2 Å². The van der Waals surface area contributed by atoms with Crippen LogP contribution in [0, 0.1) is 0 Å². The van der Waals surface area contributed by atoms with E-state index in [1.165, 1.54) is 19.1 Å². The minimum Gasteiger partial charge on any atom is -0.396 e. The number of hydrogen-bond acceptors (Lipinski definition) is 5. The maximum Gasteiger partial charge on any atom is 0.199 e. The monoisotopic (exact) mass is 254 g/mol. The summed E-state index contributed by atoms with van der Waals surface area (Å²) in [4.78, 5) is 12.2. The fourth-order valence-corrected chi connectivity index (χ4v) is 1.78. The van der Waals surface area contributed by atoms with Crippen molar-refractivity contribution in [3.63, 3.8) is 0 Å². The lowest BCUT2D eigenvalue weighted by Crippen LogP contribution is -2.57. The van der Waals surface area contributed by atoms with Crippen molar-refractivity contribution in [3.05, 3.63) is 35.9 Å². The summed E-state index contributed by atoms with van der Waals surface area (Å²) in [6, 6.07) is 7.92. The van der Waals surface area contributed by atoms with E-state index in [2.05, 4.69) is 0 Å². The number of carbonyl (C=O) groups excluding carboxylic acids is 1. The van der Waals surface area contributed by atoms with Gasteiger partial charge < -0.3 is 20.4 Å². The van der Waals surface area contributed by atoms with E-state index in [0.29, 0.717) is 0 Å². The molecule has 0 aliphatic heterocycles. The van der Waals surface area contributed by atoms with E-state index in [0.717, 1.165) is 0 Å². The molecular weight excluding hydrogens is 236 g/mol. The smallest absolute Gasteiger partial charge is 0.199 e. The van der Waals surface area contributed by atoms with Crippen LogP contribution in [0.25, 0.3) is 0 Å². The Hall–Kier alpha value is -1.27. The quantitative estimate of drug-likeness (QED) is 0.524. The van der Waals surface area contributed by atoms with Gasteiger partial charge in [-0.15, -0.1) is 0 Å². The summed E-state index contributed by atoms with van der Waals surface area (Å²) in [6.07, 6.45) is -3.18. The lowest BCUT2D eigenvalue weighted by Gasteiger charge is -2.33. The molecule has 18 heavy (non-hydrogen) atoms. The summed E-state index contributed by atoms with van der Waals surface area (Å²) in [5.41, 5.74) is -2.12. The number of Topliss-reactive ketones (excluding diaryl/α,β-unsaturated/α-hetero) is 1. The van der Waals surface area contributed by atoms with Crippen molar-refractivity contribution in [1.29, 1.82) is 0 Å². The summed E-state index contributed by atoms with van der Waals surface area (Å²) in [5.74, 6) is -0.765. The largest absolute Gasteiger partial charge is 0.396 e. The number of aliphatic hydroxyl groups excluding tert-OH is 3. The number of rotatable bonds is 6. The van der Waals surface area contributed by atoms with Gasteiger partial charge in [-0.2, -0.15) is 0 Å². The van der Waals surface area contributed by atoms with Gasteiger partial charge in [-0.1, -0.05) is 30.3 Å². The highest BCUT2D eigenvalue weighted by atomic mass is 16.4. The number of ketones is 1.